The molecule has 2 atom stereocenters. The summed E-state index contributed by atoms with van der Waals surface area (Å²) in [6, 6.07) is -0.371. The number of aliphatic hydroxyl groups is 2. The number of sulfone groups is 1. The Morgan fingerprint density at radius 3 is 2.35 bits per heavy atom. The summed E-state index contributed by atoms with van der Waals surface area (Å²) >= 11 is 0. The van der Waals surface area contributed by atoms with Gasteiger partial charge in [0.1, 0.15) is 0 Å². The highest BCUT2D eigenvalue weighted by Gasteiger charge is 2.41. The summed E-state index contributed by atoms with van der Waals surface area (Å²) in [5.74, 6) is -0.152. The van der Waals surface area contributed by atoms with Crippen LogP contribution in [-0.2, 0) is 9.84 Å². The number of hydrogen-bond acceptors (Lipinski definition) is 5. The standard InChI is InChI=1S/C11H21NO4S/c1-12(8-11(14)4-2-3-5-11)9-6-17(15,16)7-10(9)13/h9-10,13-14H,2-8H2,1H3. The van der Waals surface area contributed by atoms with Crippen LogP contribution in [0.5, 0.6) is 0 Å². The first-order valence-electron chi connectivity index (χ1n) is 6.12. The van der Waals surface area contributed by atoms with Crippen LogP contribution >= 0.6 is 0 Å². The molecule has 6 heteroatoms. The highest BCUT2D eigenvalue weighted by molar-refractivity contribution is 7.91. The Kier molecular flexibility index (Phi) is 3.51. The van der Waals surface area contributed by atoms with Crippen molar-refractivity contribution in [3.8, 4) is 0 Å². The Morgan fingerprint density at radius 1 is 1.29 bits per heavy atom. The molecule has 0 aromatic heterocycles. The minimum absolute atomic E-state index is 0.000741. The lowest BCUT2D eigenvalue weighted by atomic mass is 10.0. The van der Waals surface area contributed by atoms with Crippen molar-refractivity contribution in [2.75, 3.05) is 25.1 Å². The van der Waals surface area contributed by atoms with E-state index in [9.17, 15) is 18.6 Å². The second-order valence-electron chi connectivity index (χ2n) is 5.56. The van der Waals surface area contributed by atoms with Gasteiger partial charge in [0.15, 0.2) is 9.84 Å². The van der Waals surface area contributed by atoms with E-state index in [0.29, 0.717) is 6.54 Å². The molecule has 2 fully saturated rings. The van der Waals surface area contributed by atoms with Crippen LogP contribution in [0.1, 0.15) is 25.7 Å². The molecule has 1 aliphatic carbocycles. The Hall–Kier alpha value is -0.170. The van der Waals surface area contributed by atoms with Crippen molar-refractivity contribution in [2.45, 2.75) is 43.4 Å². The first-order chi connectivity index (χ1) is 7.81. The summed E-state index contributed by atoms with van der Waals surface area (Å²) in [6.07, 6.45) is 2.76. The highest BCUT2D eigenvalue weighted by Crippen LogP contribution is 2.31. The zero-order valence-corrected chi connectivity index (χ0v) is 11.0. The Labute approximate surface area is 102 Å². The molecule has 5 nitrogen and oxygen atoms in total. The molecule has 2 rings (SSSR count). The number of aliphatic hydroxyl groups excluding tert-OH is 1. The summed E-state index contributed by atoms with van der Waals surface area (Å²) in [5.41, 5.74) is -0.694. The van der Waals surface area contributed by atoms with Crippen LogP contribution in [-0.4, -0.2) is 66.4 Å². The van der Waals surface area contributed by atoms with Gasteiger partial charge in [0.2, 0.25) is 0 Å². The average Bonchev–Trinajstić information content (AvgIpc) is 2.70. The van der Waals surface area contributed by atoms with Gasteiger partial charge in [-0.15, -0.1) is 0 Å². The van der Waals surface area contributed by atoms with Crippen LogP contribution < -0.4 is 0 Å². The van der Waals surface area contributed by atoms with E-state index >= 15 is 0 Å². The van der Waals surface area contributed by atoms with E-state index in [0.717, 1.165) is 25.7 Å². The third-order valence-electron chi connectivity index (χ3n) is 3.94. The molecule has 0 radical (unpaired) electrons. The molecule has 1 saturated heterocycles. The molecule has 2 unspecified atom stereocenters. The lowest BCUT2D eigenvalue weighted by Gasteiger charge is -2.33. The van der Waals surface area contributed by atoms with Gasteiger partial charge in [0, 0.05) is 6.54 Å². The molecule has 17 heavy (non-hydrogen) atoms. The molecule has 0 aromatic rings. The van der Waals surface area contributed by atoms with E-state index in [1.165, 1.54) is 0 Å². The minimum atomic E-state index is -3.12. The summed E-state index contributed by atoms with van der Waals surface area (Å²) in [6.45, 7) is 0.449. The fraction of sp³-hybridized carbons (Fsp3) is 1.00. The second kappa shape index (κ2) is 4.50. The van der Waals surface area contributed by atoms with Gasteiger partial charge in [-0.25, -0.2) is 8.42 Å². The van der Waals surface area contributed by atoms with E-state index in [1.807, 2.05) is 0 Å². The zero-order valence-electron chi connectivity index (χ0n) is 10.2. The Morgan fingerprint density at radius 2 is 1.88 bits per heavy atom. The molecule has 0 aromatic carbocycles. The van der Waals surface area contributed by atoms with Crippen LogP contribution in [0, 0.1) is 0 Å². The maximum Gasteiger partial charge on any atom is 0.154 e. The number of nitrogens with zero attached hydrogens (tertiary/aromatic N) is 1. The quantitative estimate of drug-likeness (QED) is 0.709. The van der Waals surface area contributed by atoms with Crippen LogP contribution in [0.4, 0.5) is 0 Å². The molecule has 2 aliphatic rings. The fourth-order valence-corrected chi connectivity index (χ4v) is 4.88. The molecule has 2 N–H and O–H groups in total. The van der Waals surface area contributed by atoms with Crippen molar-refractivity contribution >= 4 is 9.84 Å². The first kappa shape index (κ1) is 13.3. The van der Waals surface area contributed by atoms with Crippen LogP contribution in [0.25, 0.3) is 0 Å². The molecule has 0 spiro atoms. The monoisotopic (exact) mass is 263 g/mol. The van der Waals surface area contributed by atoms with Crippen LogP contribution in [0.15, 0.2) is 0 Å². The summed E-state index contributed by atoms with van der Waals surface area (Å²) < 4.78 is 22.8. The molecule has 1 aliphatic heterocycles. The smallest absolute Gasteiger partial charge is 0.154 e. The third-order valence-corrected chi connectivity index (χ3v) is 5.64. The van der Waals surface area contributed by atoms with E-state index < -0.39 is 21.5 Å². The number of likely N-dealkylation sites (N-methyl/N-ethyl adjacent to an activating group) is 1. The molecular formula is C11H21NO4S. The molecule has 1 saturated carbocycles. The van der Waals surface area contributed by atoms with Crippen LogP contribution in [0.2, 0.25) is 0 Å². The van der Waals surface area contributed by atoms with Gasteiger partial charge in [-0.1, -0.05) is 12.8 Å². The maximum absolute atomic E-state index is 11.4. The van der Waals surface area contributed by atoms with Gasteiger partial charge in [0.05, 0.1) is 29.3 Å². The van der Waals surface area contributed by atoms with Gasteiger partial charge in [-0.3, -0.25) is 4.90 Å². The topological polar surface area (TPSA) is 77.8 Å². The van der Waals surface area contributed by atoms with Crippen molar-refractivity contribution in [3.63, 3.8) is 0 Å². The molecule has 0 amide bonds. The molecule has 0 bridgehead atoms. The van der Waals surface area contributed by atoms with E-state index in [-0.39, 0.29) is 17.5 Å². The van der Waals surface area contributed by atoms with E-state index in [1.54, 1.807) is 11.9 Å². The fourth-order valence-electron chi connectivity index (χ4n) is 3.00. The predicted molar refractivity (Wildman–Crippen MR) is 64.5 cm³/mol. The van der Waals surface area contributed by atoms with Gasteiger partial charge in [-0.2, -0.15) is 0 Å². The largest absolute Gasteiger partial charge is 0.390 e. The lowest BCUT2D eigenvalue weighted by molar-refractivity contribution is -0.00759. The normalized spacial score (nSPS) is 35.5. The Bertz CT molecular complexity index is 375. The van der Waals surface area contributed by atoms with E-state index in [2.05, 4.69) is 0 Å². The third kappa shape index (κ3) is 2.99. The maximum atomic E-state index is 11.4. The van der Waals surface area contributed by atoms with Gasteiger partial charge < -0.3 is 10.2 Å². The SMILES string of the molecule is CN(CC1(O)CCCC1)C1CS(=O)(=O)CC1O. The van der Waals surface area contributed by atoms with Gasteiger partial charge in [0.25, 0.3) is 0 Å². The van der Waals surface area contributed by atoms with Crippen molar-refractivity contribution in [3.05, 3.63) is 0 Å². The number of rotatable bonds is 3. The molecule has 100 valence electrons. The average molecular weight is 263 g/mol. The summed E-state index contributed by atoms with van der Waals surface area (Å²) in [5, 5.41) is 20.0. The van der Waals surface area contributed by atoms with Gasteiger partial charge >= 0.3 is 0 Å². The number of hydrogen-bond donors (Lipinski definition) is 2. The van der Waals surface area contributed by atoms with Crippen molar-refractivity contribution < 1.29 is 18.6 Å². The first-order valence-corrected chi connectivity index (χ1v) is 7.95. The highest BCUT2D eigenvalue weighted by atomic mass is 32.2. The van der Waals surface area contributed by atoms with Crippen molar-refractivity contribution in [1.82, 2.24) is 4.90 Å². The van der Waals surface area contributed by atoms with Crippen LogP contribution in [0.3, 0.4) is 0 Å². The Balaban J connectivity index is 1.98. The zero-order chi connectivity index (χ0) is 12.7. The lowest BCUT2D eigenvalue weighted by Crippen LogP contribution is -2.48. The van der Waals surface area contributed by atoms with Crippen molar-refractivity contribution in [2.24, 2.45) is 0 Å². The van der Waals surface area contributed by atoms with Gasteiger partial charge in [-0.05, 0) is 19.9 Å². The minimum Gasteiger partial charge on any atom is -0.390 e. The summed E-state index contributed by atoms with van der Waals surface area (Å²) in [4.78, 5) is 1.81. The van der Waals surface area contributed by atoms with Crippen molar-refractivity contribution in [1.29, 1.82) is 0 Å². The molecule has 1 heterocycles. The second-order valence-corrected chi connectivity index (χ2v) is 7.71. The molecular weight excluding hydrogens is 242 g/mol. The summed E-state index contributed by atoms with van der Waals surface area (Å²) in [7, 11) is -1.33. The van der Waals surface area contributed by atoms with E-state index in [4.69, 9.17) is 0 Å². The predicted octanol–water partition coefficient (Wildman–Crippen LogP) is -0.619.